The highest BCUT2D eigenvalue weighted by Gasteiger charge is 2.38. The Bertz CT molecular complexity index is 1070. The lowest BCUT2D eigenvalue weighted by Gasteiger charge is -2.30. The number of hydrogen-bond acceptors (Lipinski definition) is 3. The number of allylic oxidation sites excluding steroid dienone is 2. The molecule has 0 spiro atoms. The number of pyridine rings is 1. The molecule has 0 amide bonds. The lowest BCUT2D eigenvalue weighted by Crippen LogP contribution is -2.20. The molecule has 3 nitrogen and oxygen atoms in total. The number of carbonyl (C=O) groups excluding carboxylic acids is 1. The number of fused-ring (bicyclic) bond motifs is 3. The Morgan fingerprint density at radius 2 is 1.92 bits per heavy atom. The van der Waals surface area contributed by atoms with Gasteiger partial charge in [0.25, 0.3) is 0 Å². The van der Waals surface area contributed by atoms with E-state index in [1.165, 1.54) is 0 Å². The molecule has 1 aromatic heterocycles. The summed E-state index contributed by atoms with van der Waals surface area (Å²) in [6.45, 7) is 0. The van der Waals surface area contributed by atoms with Gasteiger partial charge in [-0.05, 0) is 41.8 Å². The molecule has 1 N–H and O–H groups in total. The van der Waals surface area contributed by atoms with E-state index in [2.05, 4.69) is 22.4 Å². The molecule has 25 heavy (non-hydrogen) atoms. The predicted molar refractivity (Wildman–Crippen MR) is 99.9 cm³/mol. The van der Waals surface area contributed by atoms with Crippen LogP contribution in [0.3, 0.4) is 0 Å². The van der Waals surface area contributed by atoms with Crippen LogP contribution in [0.25, 0.3) is 10.9 Å². The van der Waals surface area contributed by atoms with Gasteiger partial charge in [0.05, 0.1) is 5.52 Å². The van der Waals surface area contributed by atoms with E-state index in [1.807, 2.05) is 36.4 Å². The predicted octanol–water partition coefficient (Wildman–Crippen LogP) is 5.06. The van der Waals surface area contributed by atoms with Crippen molar-refractivity contribution in [3.63, 3.8) is 0 Å². The molecule has 0 radical (unpaired) electrons. The number of nitrogens with zero attached hydrogens (tertiary/aromatic N) is 1. The molecule has 122 valence electrons. The van der Waals surface area contributed by atoms with Crippen molar-refractivity contribution in [3.05, 3.63) is 82.1 Å². The van der Waals surface area contributed by atoms with E-state index >= 15 is 0 Å². The van der Waals surface area contributed by atoms with Crippen LogP contribution >= 0.6 is 11.6 Å². The van der Waals surface area contributed by atoms with E-state index in [0.717, 1.165) is 45.4 Å². The maximum Gasteiger partial charge on any atom is 0.161 e. The molecule has 1 aliphatic carbocycles. The first kappa shape index (κ1) is 14.7. The van der Waals surface area contributed by atoms with Gasteiger partial charge in [-0.25, -0.2) is 0 Å². The lowest BCUT2D eigenvalue weighted by atomic mass is 9.79. The van der Waals surface area contributed by atoms with Crippen molar-refractivity contribution in [2.75, 3.05) is 5.32 Å². The van der Waals surface area contributed by atoms with Crippen LogP contribution in [0.1, 0.15) is 29.9 Å². The molecule has 4 heteroatoms. The average Bonchev–Trinajstić information content (AvgIpc) is 3.01. The van der Waals surface area contributed by atoms with Crippen LogP contribution in [0.4, 0.5) is 5.69 Å². The van der Waals surface area contributed by atoms with Crippen molar-refractivity contribution in [1.29, 1.82) is 0 Å². The number of halogens is 1. The van der Waals surface area contributed by atoms with Gasteiger partial charge in [0.1, 0.15) is 0 Å². The van der Waals surface area contributed by atoms with E-state index in [4.69, 9.17) is 11.6 Å². The molecule has 1 aliphatic heterocycles. The van der Waals surface area contributed by atoms with E-state index in [9.17, 15) is 4.79 Å². The number of aromatic nitrogens is 1. The van der Waals surface area contributed by atoms with Crippen molar-refractivity contribution in [2.45, 2.75) is 18.8 Å². The van der Waals surface area contributed by atoms with E-state index in [0.29, 0.717) is 11.4 Å². The number of anilines is 1. The second-order valence-electron chi connectivity index (χ2n) is 6.49. The maximum atomic E-state index is 12.7. The molecule has 1 atom stereocenters. The summed E-state index contributed by atoms with van der Waals surface area (Å²) in [5.74, 6) is 0.0572. The molecule has 2 aromatic carbocycles. The van der Waals surface area contributed by atoms with Crippen molar-refractivity contribution in [3.8, 4) is 0 Å². The first-order valence-electron chi connectivity index (χ1n) is 8.39. The Kier molecular flexibility index (Phi) is 3.19. The molecule has 0 saturated heterocycles. The Labute approximate surface area is 150 Å². The summed E-state index contributed by atoms with van der Waals surface area (Å²) in [4.78, 5) is 17.2. The van der Waals surface area contributed by atoms with E-state index in [-0.39, 0.29) is 11.7 Å². The fourth-order valence-corrected chi connectivity index (χ4v) is 4.31. The fraction of sp³-hybridized carbons (Fsp3) is 0.143. The number of hydrogen-bond donors (Lipinski definition) is 1. The van der Waals surface area contributed by atoms with Gasteiger partial charge >= 0.3 is 0 Å². The van der Waals surface area contributed by atoms with Crippen LogP contribution in [0, 0.1) is 0 Å². The summed E-state index contributed by atoms with van der Waals surface area (Å²) < 4.78 is 0. The monoisotopic (exact) mass is 346 g/mol. The smallest absolute Gasteiger partial charge is 0.161 e. The van der Waals surface area contributed by atoms with Crippen LogP contribution in [0.15, 0.2) is 66.0 Å². The van der Waals surface area contributed by atoms with E-state index in [1.54, 1.807) is 6.20 Å². The van der Waals surface area contributed by atoms with Crippen LogP contribution < -0.4 is 5.32 Å². The van der Waals surface area contributed by atoms with Crippen molar-refractivity contribution in [2.24, 2.45) is 0 Å². The molecule has 0 bridgehead atoms. The molecule has 3 aromatic rings. The number of ketones is 1. The molecule has 0 fully saturated rings. The van der Waals surface area contributed by atoms with E-state index < -0.39 is 0 Å². The van der Waals surface area contributed by atoms with Crippen LogP contribution in [0.2, 0.25) is 5.02 Å². The first-order chi connectivity index (χ1) is 12.2. The van der Waals surface area contributed by atoms with Crippen molar-refractivity contribution >= 4 is 34.0 Å². The van der Waals surface area contributed by atoms with Crippen molar-refractivity contribution in [1.82, 2.24) is 4.98 Å². The third kappa shape index (κ3) is 2.12. The van der Waals surface area contributed by atoms with Gasteiger partial charge in [0.2, 0.25) is 0 Å². The normalized spacial score (nSPS) is 18.9. The second kappa shape index (κ2) is 5.43. The molecule has 5 rings (SSSR count). The van der Waals surface area contributed by atoms with Gasteiger partial charge in [-0.2, -0.15) is 0 Å². The fourth-order valence-electron chi connectivity index (χ4n) is 4.06. The lowest BCUT2D eigenvalue weighted by molar-refractivity contribution is -0.115. The molecular formula is C21H15ClN2O. The minimum atomic E-state index is -0.150. The molecule has 2 aliphatic rings. The molecule has 0 saturated carbocycles. The minimum Gasteiger partial charge on any atom is -0.358 e. The van der Waals surface area contributed by atoms with Crippen LogP contribution in [0.5, 0.6) is 0 Å². The number of rotatable bonds is 1. The summed E-state index contributed by atoms with van der Waals surface area (Å²) in [6, 6.07) is 15.9. The minimum absolute atomic E-state index is 0.150. The number of carbonyl (C=O) groups is 1. The highest BCUT2D eigenvalue weighted by Crippen LogP contribution is 2.49. The van der Waals surface area contributed by atoms with Gasteiger partial charge < -0.3 is 5.32 Å². The Morgan fingerprint density at radius 3 is 2.80 bits per heavy atom. The van der Waals surface area contributed by atoms with Crippen LogP contribution in [-0.2, 0) is 4.79 Å². The maximum absolute atomic E-state index is 12.7. The molecule has 2 heterocycles. The zero-order valence-corrected chi connectivity index (χ0v) is 14.2. The van der Waals surface area contributed by atoms with Crippen LogP contribution in [-0.4, -0.2) is 10.8 Å². The summed E-state index contributed by atoms with van der Waals surface area (Å²) in [5.41, 5.74) is 5.93. The second-order valence-corrected chi connectivity index (χ2v) is 6.90. The Hall–Kier alpha value is -2.65. The Morgan fingerprint density at radius 1 is 1.04 bits per heavy atom. The summed E-state index contributed by atoms with van der Waals surface area (Å²) in [7, 11) is 0. The highest BCUT2D eigenvalue weighted by atomic mass is 35.5. The summed E-state index contributed by atoms with van der Waals surface area (Å²) in [6.07, 6.45) is 3.11. The van der Waals surface area contributed by atoms with Crippen molar-refractivity contribution < 1.29 is 4.79 Å². The zero-order valence-electron chi connectivity index (χ0n) is 13.4. The van der Waals surface area contributed by atoms with Gasteiger partial charge in [-0.3, -0.25) is 9.78 Å². The average molecular weight is 347 g/mol. The largest absolute Gasteiger partial charge is 0.358 e. The molecule has 1 unspecified atom stereocenters. The molecular weight excluding hydrogens is 332 g/mol. The Balaban J connectivity index is 1.87. The standard InChI is InChI=1S/C21H15ClN2O/c22-14-6-2-1-4-12(14)20-19-13-5-3-11-23-15(13)7-8-16(19)24-17-9-10-18(25)21(17)20/h1-8,11,20,24H,9-10H2. The quantitative estimate of drug-likeness (QED) is 0.669. The third-order valence-electron chi connectivity index (χ3n) is 5.13. The first-order valence-corrected chi connectivity index (χ1v) is 8.77. The zero-order chi connectivity index (χ0) is 17.0. The van der Waals surface area contributed by atoms with Gasteiger partial charge in [0, 0.05) is 45.9 Å². The number of nitrogens with one attached hydrogen (secondary N) is 1. The summed E-state index contributed by atoms with van der Waals surface area (Å²) in [5, 5.41) is 5.24. The highest BCUT2D eigenvalue weighted by molar-refractivity contribution is 6.31. The SMILES string of the molecule is O=C1CCC2=C1C(c1ccccc1Cl)c1c(ccc3ncccc13)N2. The third-order valence-corrected chi connectivity index (χ3v) is 5.48. The topological polar surface area (TPSA) is 42.0 Å². The number of Topliss-reactive ketones (excluding diaryl/α,β-unsaturated/α-hetero) is 1. The van der Waals surface area contributed by atoms with Gasteiger partial charge in [0.15, 0.2) is 5.78 Å². The van der Waals surface area contributed by atoms with Gasteiger partial charge in [-0.1, -0.05) is 35.9 Å². The number of benzene rings is 2. The van der Waals surface area contributed by atoms with Gasteiger partial charge in [-0.15, -0.1) is 0 Å². The summed E-state index contributed by atoms with van der Waals surface area (Å²) >= 11 is 6.54.